The van der Waals surface area contributed by atoms with Crippen LogP contribution in [0.2, 0.25) is 0 Å². The van der Waals surface area contributed by atoms with E-state index in [1.807, 2.05) is 24.3 Å². The number of hydrogen-bond donors (Lipinski definition) is 1. The zero-order valence-corrected chi connectivity index (χ0v) is 17.1. The van der Waals surface area contributed by atoms with E-state index in [-0.39, 0.29) is 17.8 Å². The lowest BCUT2D eigenvalue weighted by atomic mass is 10.1. The molecule has 0 radical (unpaired) electrons. The fraction of sp³-hybridized carbons (Fsp3) is 0.409. The fourth-order valence-corrected chi connectivity index (χ4v) is 3.46. The molecule has 0 bridgehead atoms. The maximum atomic E-state index is 12.4. The molecule has 1 N–H and O–H groups in total. The minimum atomic E-state index is -0.555. The molecule has 0 aliphatic carbocycles. The van der Waals surface area contributed by atoms with E-state index < -0.39 is 10.8 Å². The molecule has 1 aliphatic rings. The molecule has 2 aromatic carbocycles. The minimum Gasteiger partial charge on any atom is -0.492 e. The lowest BCUT2D eigenvalue weighted by Gasteiger charge is -2.31. The van der Waals surface area contributed by atoms with Gasteiger partial charge in [0.2, 0.25) is 0 Å². The Labute approximate surface area is 175 Å². The van der Waals surface area contributed by atoms with Crippen molar-refractivity contribution in [1.82, 2.24) is 10.2 Å². The first-order valence-corrected chi connectivity index (χ1v) is 10.1. The average molecular weight is 413 g/mol. The number of likely N-dealkylation sites (N-methyl/N-ethyl adjacent to an activating group) is 1. The summed E-state index contributed by atoms with van der Waals surface area (Å²) >= 11 is 0. The quantitative estimate of drug-likeness (QED) is 0.502. The highest BCUT2D eigenvalue weighted by molar-refractivity contribution is 5.98. The van der Waals surface area contributed by atoms with Crippen LogP contribution in [0.5, 0.6) is 5.75 Å². The maximum Gasteiger partial charge on any atom is 0.282 e. The van der Waals surface area contributed by atoms with Crippen molar-refractivity contribution in [3.8, 4) is 5.75 Å². The monoisotopic (exact) mass is 413 g/mol. The van der Waals surface area contributed by atoms with Gasteiger partial charge in [0.15, 0.2) is 0 Å². The van der Waals surface area contributed by atoms with Gasteiger partial charge in [-0.3, -0.25) is 19.8 Å². The van der Waals surface area contributed by atoms with Gasteiger partial charge in [0, 0.05) is 38.4 Å². The number of nitro benzene ring substituents is 1. The molecule has 3 rings (SSSR count). The molecule has 1 saturated heterocycles. The molecule has 0 saturated carbocycles. The number of ether oxygens (including phenoxy) is 2. The van der Waals surface area contributed by atoms with Crippen molar-refractivity contribution in [1.29, 1.82) is 0 Å². The Morgan fingerprint density at radius 3 is 2.77 bits per heavy atom. The Bertz CT molecular complexity index is 867. The van der Waals surface area contributed by atoms with Crippen LogP contribution in [0.25, 0.3) is 0 Å². The highest BCUT2D eigenvalue weighted by Crippen LogP contribution is 2.18. The van der Waals surface area contributed by atoms with E-state index in [2.05, 4.69) is 17.3 Å². The van der Waals surface area contributed by atoms with Gasteiger partial charge in [0.25, 0.3) is 11.6 Å². The van der Waals surface area contributed by atoms with Gasteiger partial charge in [-0.25, -0.2) is 0 Å². The highest BCUT2D eigenvalue weighted by atomic mass is 16.6. The minimum absolute atomic E-state index is 0.0473. The average Bonchev–Trinajstić information content (AvgIpc) is 2.78. The molecule has 0 unspecified atom stereocenters. The molecule has 8 nitrogen and oxygen atoms in total. The first-order valence-electron chi connectivity index (χ1n) is 10.1. The van der Waals surface area contributed by atoms with E-state index in [1.165, 1.54) is 18.2 Å². The number of nitrogens with one attached hydrogen (secondary N) is 1. The maximum absolute atomic E-state index is 12.4. The third-order valence-corrected chi connectivity index (χ3v) is 5.22. The summed E-state index contributed by atoms with van der Waals surface area (Å²) in [7, 11) is 2.11. The van der Waals surface area contributed by atoms with Crippen molar-refractivity contribution >= 4 is 11.6 Å². The van der Waals surface area contributed by atoms with Crippen LogP contribution in [0.15, 0.2) is 48.5 Å². The van der Waals surface area contributed by atoms with Crippen LogP contribution in [0.4, 0.5) is 5.69 Å². The van der Waals surface area contributed by atoms with Gasteiger partial charge >= 0.3 is 0 Å². The predicted octanol–water partition coefficient (Wildman–Crippen LogP) is 3.01. The fourth-order valence-electron chi connectivity index (χ4n) is 3.46. The summed E-state index contributed by atoms with van der Waals surface area (Å²) in [6, 6.07) is 13.9. The molecule has 1 fully saturated rings. The number of hydrogen-bond acceptors (Lipinski definition) is 6. The molecule has 0 spiro atoms. The van der Waals surface area contributed by atoms with E-state index in [0.29, 0.717) is 12.6 Å². The van der Waals surface area contributed by atoms with E-state index in [9.17, 15) is 14.9 Å². The van der Waals surface area contributed by atoms with Crippen LogP contribution in [0.3, 0.4) is 0 Å². The van der Waals surface area contributed by atoms with Gasteiger partial charge in [-0.05, 0) is 43.7 Å². The normalized spacial score (nSPS) is 14.5. The van der Waals surface area contributed by atoms with Gasteiger partial charge in [-0.2, -0.15) is 0 Å². The number of carbonyl (C=O) groups excluding carboxylic acids is 1. The zero-order valence-electron chi connectivity index (χ0n) is 17.1. The first-order chi connectivity index (χ1) is 14.5. The third kappa shape index (κ3) is 6.01. The Morgan fingerprint density at radius 1 is 1.23 bits per heavy atom. The van der Waals surface area contributed by atoms with Crippen LogP contribution < -0.4 is 10.1 Å². The van der Waals surface area contributed by atoms with Crippen LogP contribution in [0, 0.1) is 10.1 Å². The van der Waals surface area contributed by atoms with Crippen molar-refractivity contribution in [2.75, 3.05) is 33.4 Å². The zero-order chi connectivity index (χ0) is 21.3. The van der Waals surface area contributed by atoms with Crippen LogP contribution in [0.1, 0.15) is 28.8 Å². The molecule has 1 amide bonds. The first kappa shape index (κ1) is 21.7. The van der Waals surface area contributed by atoms with E-state index in [4.69, 9.17) is 9.47 Å². The number of rotatable bonds is 9. The van der Waals surface area contributed by atoms with Crippen molar-refractivity contribution in [2.24, 2.45) is 0 Å². The number of amides is 1. The van der Waals surface area contributed by atoms with E-state index in [1.54, 1.807) is 6.07 Å². The molecule has 2 aromatic rings. The second-order valence-corrected chi connectivity index (χ2v) is 7.28. The smallest absolute Gasteiger partial charge is 0.282 e. The summed E-state index contributed by atoms with van der Waals surface area (Å²) < 4.78 is 11.3. The molecular formula is C22H27N3O5. The Hall–Kier alpha value is -2.97. The summed E-state index contributed by atoms with van der Waals surface area (Å²) in [5.41, 5.74) is 0.698. The van der Waals surface area contributed by atoms with Crippen LogP contribution >= 0.6 is 0 Å². The molecule has 1 heterocycles. The van der Waals surface area contributed by atoms with Crippen LogP contribution in [-0.2, 0) is 11.3 Å². The summed E-state index contributed by atoms with van der Waals surface area (Å²) in [6.07, 6.45) is 2.09. The summed E-state index contributed by atoms with van der Waals surface area (Å²) in [4.78, 5) is 25.2. The second kappa shape index (κ2) is 10.7. The SMILES string of the molecule is CN(CCOc1cccc(CNC(=O)c2ccccc2[N+](=O)[O-])c1)C1CCOCC1. The number of benzene rings is 2. The number of carbonyl (C=O) groups is 1. The molecule has 30 heavy (non-hydrogen) atoms. The highest BCUT2D eigenvalue weighted by Gasteiger charge is 2.19. The molecule has 0 atom stereocenters. The van der Waals surface area contributed by atoms with Gasteiger partial charge in [0.1, 0.15) is 17.9 Å². The van der Waals surface area contributed by atoms with E-state index in [0.717, 1.165) is 43.9 Å². The Kier molecular flexibility index (Phi) is 7.75. The Morgan fingerprint density at radius 2 is 2.00 bits per heavy atom. The summed E-state index contributed by atoms with van der Waals surface area (Å²) in [5, 5.41) is 13.8. The van der Waals surface area contributed by atoms with Crippen molar-refractivity contribution in [3.05, 3.63) is 69.8 Å². The Balaban J connectivity index is 1.49. The molecule has 160 valence electrons. The van der Waals surface area contributed by atoms with Gasteiger partial charge in [-0.1, -0.05) is 24.3 Å². The number of para-hydroxylation sites is 1. The molecule has 1 aliphatic heterocycles. The third-order valence-electron chi connectivity index (χ3n) is 5.22. The van der Waals surface area contributed by atoms with Crippen LogP contribution in [-0.4, -0.2) is 55.2 Å². The van der Waals surface area contributed by atoms with Crippen molar-refractivity contribution in [2.45, 2.75) is 25.4 Å². The second-order valence-electron chi connectivity index (χ2n) is 7.28. The lowest BCUT2D eigenvalue weighted by Crippen LogP contribution is -2.38. The molecular weight excluding hydrogens is 386 g/mol. The van der Waals surface area contributed by atoms with E-state index >= 15 is 0 Å². The van der Waals surface area contributed by atoms with Gasteiger partial charge in [-0.15, -0.1) is 0 Å². The molecule has 8 heteroatoms. The topological polar surface area (TPSA) is 93.9 Å². The van der Waals surface area contributed by atoms with Crippen molar-refractivity contribution < 1.29 is 19.2 Å². The van der Waals surface area contributed by atoms with Gasteiger partial charge in [0.05, 0.1) is 4.92 Å². The standard InChI is InChI=1S/C22H27N3O5/c1-24(18-9-12-29-13-10-18)11-14-30-19-6-4-5-17(15-19)16-23-22(26)20-7-2-3-8-21(20)25(27)28/h2-8,15,18H,9-14,16H2,1H3,(H,23,26). The number of nitrogens with zero attached hydrogens (tertiary/aromatic N) is 2. The van der Waals surface area contributed by atoms with Gasteiger partial charge < -0.3 is 14.8 Å². The van der Waals surface area contributed by atoms with Crippen molar-refractivity contribution in [3.63, 3.8) is 0 Å². The molecule has 0 aromatic heterocycles. The summed E-state index contributed by atoms with van der Waals surface area (Å²) in [5.74, 6) is 0.250. The largest absolute Gasteiger partial charge is 0.492 e. The number of nitro groups is 1. The lowest BCUT2D eigenvalue weighted by molar-refractivity contribution is -0.385. The predicted molar refractivity (Wildman–Crippen MR) is 113 cm³/mol. The summed E-state index contributed by atoms with van der Waals surface area (Å²) in [6.45, 7) is 3.28.